The molecule has 2 unspecified atom stereocenters. The summed E-state index contributed by atoms with van der Waals surface area (Å²) in [5.41, 5.74) is 2.70. The van der Waals surface area contributed by atoms with Gasteiger partial charge in [-0.15, -0.1) is 0 Å². The van der Waals surface area contributed by atoms with Crippen LogP contribution in [0.2, 0.25) is 0 Å². The number of aryl methyl sites for hydroxylation is 1. The number of fused-ring (bicyclic) bond motifs is 2. The summed E-state index contributed by atoms with van der Waals surface area (Å²) in [6.45, 7) is 6.20. The monoisotopic (exact) mass is 378 g/mol. The molecule has 0 bridgehead atoms. The van der Waals surface area contributed by atoms with Crippen molar-refractivity contribution in [2.24, 2.45) is 4.99 Å². The standard InChI is InChI=1S/C22H30N6/c1-26(19-7-2-5-17-6-4-10-24-22(17)19)15-18-16-28-20(25-18)8-3-9-21(28)27-13-11-23-12-14-27/h3-4,6,8-10,18-19,23H,2,5,7,11-16H2,1H3. The van der Waals surface area contributed by atoms with Crippen LogP contribution in [-0.4, -0.2) is 77.9 Å². The third-order valence-electron chi connectivity index (χ3n) is 6.39. The zero-order chi connectivity index (χ0) is 18.9. The maximum Gasteiger partial charge on any atom is 0.129 e. The summed E-state index contributed by atoms with van der Waals surface area (Å²) in [7, 11) is 2.24. The minimum Gasteiger partial charge on any atom is -0.355 e. The van der Waals surface area contributed by atoms with E-state index in [-0.39, 0.29) is 0 Å². The van der Waals surface area contributed by atoms with Crippen molar-refractivity contribution in [1.29, 1.82) is 0 Å². The first kappa shape index (κ1) is 17.9. The van der Waals surface area contributed by atoms with Crippen LogP contribution in [0.3, 0.4) is 0 Å². The van der Waals surface area contributed by atoms with Gasteiger partial charge < -0.3 is 15.1 Å². The van der Waals surface area contributed by atoms with Gasteiger partial charge >= 0.3 is 0 Å². The van der Waals surface area contributed by atoms with Crippen molar-refractivity contribution in [2.45, 2.75) is 31.3 Å². The number of likely N-dealkylation sites (N-methyl/N-ethyl adjacent to an activating group) is 1. The van der Waals surface area contributed by atoms with Crippen LogP contribution < -0.4 is 5.32 Å². The van der Waals surface area contributed by atoms with Crippen molar-refractivity contribution >= 4 is 5.84 Å². The maximum absolute atomic E-state index is 5.06. The number of allylic oxidation sites excluding steroid dienone is 2. The topological polar surface area (TPSA) is 47.0 Å². The van der Waals surface area contributed by atoms with E-state index in [4.69, 9.17) is 9.98 Å². The van der Waals surface area contributed by atoms with Gasteiger partial charge in [-0.1, -0.05) is 12.1 Å². The van der Waals surface area contributed by atoms with Gasteiger partial charge in [-0.3, -0.25) is 14.9 Å². The van der Waals surface area contributed by atoms with Crippen molar-refractivity contribution in [3.63, 3.8) is 0 Å². The molecule has 28 heavy (non-hydrogen) atoms. The molecular weight excluding hydrogens is 348 g/mol. The Bertz CT molecular complexity index is 807. The largest absolute Gasteiger partial charge is 0.355 e. The van der Waals surface area contributed by atoms with Gasteiger partial charge in [0, 0.05) is 45.5 Å². The molecule has 0 radical (unpaired) electrons. The van der Waals surface area contributed by atoms with Crippen LogP contribution in [-0.2, 0) is 6.42 Å². The average molecular weight is 379 g/mol. The highest BCUT2D eigenvalue weighted by atomic mass is 15.4. The lowest BCUT2D eigenvalue weighted by Gasteiger charge is -2.38. The van der Waals surface area contributed by atoms with E-state index in [0.717, 1.165) is 51.5 Å². The molecule has 6 heteroatoms. The van der Waals surface area contributed by atoms with Gasteiger partial charge in [0.25, 0.3) is 0 Å². The van der Waals surface area contributed by atoms with Crippen molar-refractivity contribution in [1.82, 2.24) is 25.0 Å². The highest BCUT2D eigenvalue weighted by Crippen LogP contribution is 2.32. The molecule has 1 aliphatic carbocycles. The molecule has 1 saturated heterocycles. The quantitative estimate of drug-likeness (QED) is 0.866. The Morgan fingerprint density at radius 2 is 2.18 bits per heavy atom. The molecule has 3 aliphatic heterocycles. The Morgan fingerprint density at radius 1 is 1.29 bits per heavy atom. The smallest absolute Gasteiger partial charge is 0.129 e. The van der Waals surface area contributed by atoms with E-state index in [2.05, 4.69) is 57.4 Å². The first-order valence-corrected chi connectivity index (χ1v) is 10.6. The number of hydrogen-bond acceptors (Lipinski definition) is 6. The third-order valence-corrected chi connectivity index (χ3v) is 6.39. The first-order valence-electron chi connectivity index (χ1n) is 10.6. The second-order valence-electron chi connectivity index (χ2n) is 8.27. The molecule has 4 heterocycles. The zero-order valence-electron chi connectivity index (χ0n) is 16.7. The Balaban J connectivity index is 1.27. The molecule has 1 aromatic heterocycles. The number of hydrogen-bond donors (Lipinski definition) is 1. The predicted octanol–water partition coefficient (Wildman–Crippen LogP) is 1.79. The summed E-state index contributed by atoms with van der Waals surface area (Å²) in [4.78, 5) is 17.2. The van der Waals surface area contributed by atoms with Gasteiger partial charge in [-0.2, -0.15) is 0 Å². The molecule has 1 fully saturated rings. The summed E-state index contributed by atoms with van der Waals surface area (Å²) in [6.07, 6.45) is 12.1. The molecule has 2 atom stereocenters. The number of aliphatic imine (C=N–C) groups is 1. The number of aromatic nitrogens is 1. The predicted molar refractivity (Wildman–Crippen MR) is 112 cm³/mol. The fourth-order valence-electron chi connectivity index (χ4n) is 5.00. The van der Waals surface area contributed by atoms with E-state index in [9.17, 15) is 0 Å². The molecule has 0 amide bonds. The van der Waals surface area contributed by atoms with Gasteiger partial charge in [0.1, 0.15) is 11.7 Å². The van der Waals surface area contributed by atoms with Crippen LogP contribution in [0.5, 0.6) is 0 Å². The lowest BCUT2D eigenvalue weighted by Crippen LogP contribution is -2.48. The van der Waals surface area contributed by atoms with Gasteiger partial charge in [-0.05, 0) is 50.1 Å². The van der Waals surface area contributed by atoms with Crippen molar-refractivity contribution in [2.75, 3.05) is 46.3 Å². The van der Waals surface area contributed by atoms with Crippen molar-refractivity contribution < 1.29 is 0 Å². The number of pyridine rings is 1. The van der Waals surface area contributed by atoms with Crippen LogP contribution in [0.25, 0.3) is 0 Å². The molecule has 6 nitrogen and oxygen atoms in total. The highest BCUT2D eigenvalue weighted by molar-refractivity contribution is 5.96. The number of nitrogens with one attached hydrogen (secondary N) is 1. The van der Waals surface area contributed by atoms with E-state index in [1.54, 1.807) is 0 Å². The van der Waals surface area contributed by atoms with Crippen LogP contribution in [0, 0.1) is 0 Å². The summed E-state index contributed by atoms with van der Waals surface area (Å²) in [5.74, 6) is 2.44. The van der Waals surface area contributed by atoms with Gasteiger partial charge in [-0.25, -0.2) is 0 Å². The van der Waals surface area contributed by atoms with E-state index in [1.165, 1.54) is 29.9 Å². The third kappa shape index (κ3) is 3.35. The fourth-order valence-corrected chi connectivity index (χ4v) is 5.00. The van der Waals surface area contributed by atoms with E-state index in [1.807, 2.05) is 6.20 Å². The molecule has 4 aliphatic rings. The van der Waals surface area contributed by atoms with Crippen LogP contribution >= 0.6 is 0 Å². The lowest BCUT2D eigenvalue weighted by atomic mass is 9.91. The number of piperazine rings is 1. The molecule has 1 N–H and O–H groups in total. The highest BCUT2D eigenvalue weighted by Gasteiger charge is 2.33. The molecule has 0 aromatic carbocycles. The van der Waals surface area contributed by atoms with Crippen molar-refractivity contribution in [3.05, 3.63) is 53.6 Å². The second kappa shape index (κ2) is 7.68. The normalized spacial score (nSPS) is 26.8. The molecule has 0 spiro atoms. The summed E-state index contributed by atoms with van der Waals surface area (Å²) in [5, 5.41) is 3.44. The van der Waals surface area contributed by atoms with E-state index < -0.39 is 0 Å². The summed E-state index contributed by atoms with van der Waals surface area (Å²) >= 11 is 0. The fraction of sp³-hybridized carbons (Fsp3) is 0.545. The lowest BCUT2D eigenvalue weighted by molar-refractivity contribution is 0.195. The van der Waals surface area contributed by atoms with Gasteiger partial charge in [0.05, 0.1) is 17.8 Å². The summed E-state index contributed by atoms with van der Waals surface area (Å²) in [6, 6.07) is 5.04. The van der Waals surface area contributed by atoms with Crippen molar-refractivity contribution in [3.8, 4) is 0 Å². The maximum atomic E-state index is 5.06. The average Bonchev–Trinajstić information content (AvgIpc) is 3.16. The SMILES string of the molecule is CN(CC1CN2C(N3CCNCC3)=CC=CC2=N1)C1CCCc2cccnc21. The Hall–Kier alpha value is -2.18. The van der Waals surface area contributed by atoms with Crippen LogP contribution in [0.4, 0.5) is 0 Å². The van der Waals surface area contributed by atoms with Gasteiger partial charge in [0.15, 0.2) is 0 Å². The minimum absolute atomic E-state index is 0.308. The summed E-state index contributed by atoms with van der Waals surface area (Å²) < 4.78 is 0. The number of nitrogens with zero attached hydrogens (tertiary/aromatic N) is 5. The second-order valence-corrected chi connectivity index (χ2v) is 8.27. The van der Waals surface area contributed by atoms with E-state index in [0.29, 0.717) is 12.1 Å². The number of rotatable bonds is 4. The Labute approximate surface area is 167 Å². The Kier molecular flexibility index (Phi) is 4.91. The molecular formula is C22H30N6. The molecule has 0 saturated carbocycles. The van der Waals surface area contributed by atoms with Gasteiger partial charge in [0.2, 0.25) is 0 Å². The molecule has 5 rings (SSSR count). The van der Waals surface area contributed by atoms with E-state index >= 15 is 0 Å². The van der Waals surface area contributed by atoms with Crippen LogP contribution in [0.15, 0.2) is 47.4 Å². The molecule has 148 valence electrons. The number of amidine groups is 1. The molecule has 1 aromatic rings. The minimum atomic E-state index is 0.308. The van der Waals surface area contributed by atoms with Crippen LogP contribution in [0.1, 0.15) is 30.1 Å². The first-order chi connectivity index (χ1) is 13.8. The Morgan fingerprint density at radius 3 is 3.07 bits per heavy atom. The zero-order valence-corrected chi connectivity index (χ0v) is 16.7.